The van der Waals surface area contributed by atoms with Gasteiger partial charge in [0.05, 0.1) is 6.10 Å². The standard InChI is InChI=1S/C34H65N3O/c1-6-12-25(3)29-15-16-30-28-14-13-26-23-27(37-22-11-10-21-36-20-9-8-19-35-7-2)17-18-33(26,4)31(28)24-32(38)34(29,30)5/h25-32,35-38H,6-24H2,1-5H3/t25?,26-,27+,28?,29?,30?,31?,32+,33+,34-/m1/s1. The fourth-order valence-electron chi connectivity index (χ4n) is 10.5. The van der Waals surface area contributed by atoms with Crippen molar-refractivity contribution in [1.29, 1.82) is 0 Å². The Morgan fingerprint density at radius 1 is 0.816 bits per heavy atom. The Morgan fingerprint density at radius 3 is 2.24 bits per heavy atom. The zero-order chi connectivity index (χ0) is 27.2. The molecular formula is C34H65N3O. The van der Waals surface area contributed by atoms with Crippen LogP contribution < -0.4 is 16.0 Å². The third kappa shape index (κ3) is 6.50. The quantitative estimate of drug-likeness (QED) is 0.176. The van der Waals surface area contributed by atoms with E-state index < -0.39 is 0 Å². The average molecular weight is 532 g/mol. The molecule has 0 bridgehead atoms. The lowest BCUT2D eigenvalue weighted by molar-refractivity contribution is -0.169. The number of hydrogen-bond acceptors (Lipinski definition) is 4. The molecule has 4 nitrogen and oxygen atoms in total. The van der Waals surface area contributed by atoms with Gasteiger partial charge in [-0.15, -0.1) is 0 Å². The van der Waals surface area contributed by atoms with Crippen molar-refractivity contribution in [2.24, 2.45) is 46.3 Å². The van der Waals surface area contributed by atoms with Crippen molar-refractivity contribution in [3.8, 4) is 0 Å². The second-order valence-corrected chi connectivity index (χ2v) is 14.7. The van der Waals surface area contributed by atoms with Crippen LogP contribution in [-0.4, -0.2) is 50.0 Å². The molecule has 4 N–H and O–H groups in total. The van der Waals surface area contributed by atoms with Crippen LogP contribution in [0.2, 0.25) is 0 Å². The topological polar surface area (TPSA) is 56.3 Å². The van der Waals surface area contributed by atoms with E-state index in [1.54, 1.807) is 0 Å². The molecule has 0 aliphatic heterocycles. The Balaban J connectivity index is 1.21. The van der Waals surface area contributed by atoms with Gasteiger partial charge in [-0.1, -0.05) is 47.5 Å². The molecule has 4 aliphatic carbocycles. The molecule has 4 heteroatoms. The summed E-state index contributed by atoms with van der Waals surface area (Å²) in [4.78, 5) is 0. The van der Waals surface area contributed by atoms with Crippen molar-refractivity contribution in [2.75, 3.05) is 32.7 Å². The van der Waals surface area contributed by atoms with Crippen LogP contribution in [0, 0.1) is 46.3 Å². The number of hydrogen-bond donors (Lipinski definition) is 4. The summed E-state index contributed by atoms with van der Waals surface area (Å²) < 4.78 is 0. The summed E-state index contributed by atoms with van der Waals surface area (Å²) in [6.45, 7) is 17.9. The van der Waals surface area contributed by atoms with Gasteiger partial charge in [0.2, 0.25) is 0 Å². The lowest BCUT2D eigenvalue weighted by atomic mass is 9.43. The molecule has 0 heterocycles. The van der Waals surface area contributed by atoms with Crippen LogP contribution in [0.15, 0.2) is 0 Å². The summed E-state index contributed by atoms with van der Waals surface area (Å²) in [5.41, 5.74) is 0.617. The first-order valence-corrected chi connectivity index (χ1v) is 17.2. The Morgan fingerprint density at radius 2 is 1.53 bits per heavy atom. The first-order chi connectivity index (χ1) is 18.4. The van der Waals surface area contributed by atoms with Gasteiger partial charge in [0.15, 0.2) is 0 Å². The van der Waals surface area contributed by atoms with E-state index in [0.717, 1.165) is 68.1 Å². The number of rotatable bonds is 15. The summed E-state index contributed by atoms with van der Waals surface area (Å²) in [6, 6.07) is 0.716. The maximum atomic E-state index is 11.8. The minimum absolute atomic E-state index is 0.0893. The Labute approximate surface area is 236 Å². The van der Waals surface area contributed by atoms with E-state index in [1.165, 1.54) is 90.0 Å². The molecule has 4 rings (SSSR count). The zero-order valence-electron chi connectivity index (χ0n) is 26.0. The molecule has 0 radical (unpaired) electrons. The van der Waals surface area contributed by atoms with Gasteiger partial charge in [-0.05, 0) is 156 Å². The van der Waals surface area contributed by atoms with Gasteiger partial charge < -0.3 is 21.1 Å². The molecule has 0 spiro atoms. The van der Waals surface area contributed by atoms with E-state index in [1.807, 2.05) is 0 Å². The van der Waals surface area contributed by atoms with Gasteiger partial charge in [-0.2, -0.15) is 0 Å². The maximum absolute atomic E-state index is 11.8. The largest absolute Gasteiger partial charge is 0.393 e. The first kappa shape index (κ1) is 30.8. The zero-order valence-corrected chi connectivity index (χ0v) is 26.0. The molecular weight excluding hydrogens is 466 g/mol. The van der Waals surface area contributed by atoms with Crippen molar-refractivity contribution in [2.45, 2.75) is 137 Å². The minimum atomic E-state index is -0.0893. The van der Waals surface area contributed by atoms with Crippen LogP contribution in [0.3, 0.4) is 0 Å². The molecule has 10 atom stereocenters. The summed E-state index contributed by atoms with van der Waals surface area (Å²) >= 11 is 0. The minimum Gasteiger partial charge on any atom is -0.393 e. The van der Waals surface area contributed by atoms with E-state index in [0.29, 0.717) is 11.5 Å². The predicted octanol–water partition coefficient (Wildman–Crippen LogP) is 6.77. The number of unbranched alkanes of at least 4 members (excludes halogenated alkanes) is 2. The first-order valence-electron chi connectivity index (χ1n) is 17.2. The van der Waals surface area contributed by atoms with E-state index >= 15 is 0 Å². The lowest BCUT2D eigenvalue weighted by Gasteiger charge is -2.62. The van der Waals surface area contributed by atoms with Gasteiger partial charge in [-0.25, -0.2) is 0 Å². The number of fused-ring (bicyclic) bond motifs is 5. The SMILES string of the molecule is CCCC(C)C1CCC2C3CC[C@@H]4C[C@@H](NCCCCNCCCCNCC)CC[C@]4(C)C3C[C@H](O)[C@]12C. The van der Waals surface area contributed by atoms with Gasteiger partial charge in [0.25, 0.3) is 0 Å². The Kier molecular flexibility index (Phi) is 11.5. The van der Waals surface area contributed by atoms with Gasteiger partial charge in [0.1, 0.15) is 0 Å². The highest BCUT2D eigenvalue weighted by Crippen LogP contribution is 2.68. The fraction of sp³-hybridized carbons (Fsp3) is 1.00. The van der Waals surface area contributed by atoms with Crippen LogP contribution in [0.1, 0.15) is 125 Å². The second-order valence-electron chi connectivity index (χ2n) is 14.7. The molecule has 4 fully saturated rings. The van der Waals surface area contributed by atoms with E-state index in [2.05, 4.69) is 50.6 Å². The molecule has 4 aliphatic rings. The van der Waals surface area contributed by atoms with Crippen molar-refractivity contribution in [3.05, 3.63) is 0 Å². The number of aliphatic hydroxyl groups excluding tert-OH is 1. The number of nitrogens with one attached hydrogen (secondary N) is 3. The predicted molar refractivity (Wildman–Crippen MR) is 162 cm³/mol. The third-order valence-electron chi connectivity index (χ3n) is 12.7. The monoisotopic (exact) mass is 532 g/mol. The van der Waals surface area contributed by atoms with Crippen molar-refractivity contribution >= 4 is 0 Å². The molecule has 0 amide bonds. The van der Waals surface area contributed by atoms with Crippen molar-refractivity contribution in [1.82, 2.24) is 16.0 Å². The summed E-state index contributed by atoms with van der Waals surface area (Å²) in [5, 5.41) is 22.8. The van der Waals surface area contributed by atoms with Gasteiger partial charge >= 0.3 is 0 Å². The molecule has 0 aromatic rings. The Hall–Kier alpha value is -0.160. The third-order valence-corrected chi connectivity index (χ3v) is 12.7. The van der Waals surface area contributed by atoms with E-state index in [4.69, 9.17) is 0 Å². The summed E-state index contributed by atoms with van der Waals surface area (Å²) in [5.74, 6) is 4.72. The molecule has 0 aromatic carbocycles. The Bertz CT molecular complexity index is 701. The maximum Gasteiger partial charge on any atom is 0.0602 e. The van der Waals surface area contributed by atoms with E-state index in [9.17, 15) is 5.11 Å². The lowest BCUT2D eigenvalue weighted by Crippen LogP contribution is -2.59. The highest BCUT2D eigenvalue weighted by atomic mass is 16.3. The van der Waals surface area contributed by atoms with Crippen molar-refractivity contribution < 1.29 is 5.11 Å². The van der Waals surface area contributed by atoms with Crippen LogP contribution >= 0.6 is 0 Å². The molecule has 222 valence electrons. The summed E-state index contributed by atoms with van der Waals surface area (Å²) in [7, 11) is 0. The number of aliphatic hydroxyl groups is 1. The molecule has 38 heavy (non-hydrogen) atoms. The van der Waals surface area contributed by atoms with Crippen LogP contribution in [0.4, 0.5) is 0 Å². The average Bonchev–Trinajstić information content (AvgIpc) is 3.27. The second kappa shape index (κ2) is 14.1. The highest BCUT2D eigenvalue weighted by Gasteiger charge is 2.63. The summed E-state index contributed by atoms with van der Waals surface area (Å²) in [6.07, 6.45) is 18.4. The van der Waals surface area contributed by atoms with Gasteiger partial charge in [0, 0.05) is 6.04 Å². The van der Waals surface area contributed by atoms with Crippen LogP contribution in [0.5, 0.6) is 0 Å². The molecule has 4 saturated carbocycles. The van der Waals surface area contributed by atoms with Crippen LogP contribution in [0.25, 0.3) is 0 Å². The molecule has 0 aromatic heterocycles. The van der Waals surface area contributed by atoms with E-state index in [-0.39, 0.29) is 11.5 Å². The smallest absolute Gasteiger partial charge is 0.0602 e. The normalized spacial score (nSPS) is 41.4. The molecule has 0 saturated heterocycles. The van der Waals surface area contributed by atoms with Crippen molar-refractivity contribution in [3.63, 3.8) is 0 Å². The van der Waals surface area contributed by atoms with Crippen LogP contribution in [-0.2, 0) is 0 Å². The fourth-order valence-corrected chi connectivity index (χ4v) is 10.5. The molecule has 5 unspecified atom stereocenters. The van der Waals surface area contributed by atoms with Gasteiger partial charge in [-0.3, -0.25) is 0 Å². The highest BCUT2D eigenvalue weighted by molar-refractivity contribution is 5.12.